The predicted octanol–water partition coefficient (Wildman–Crippen LogP) is -1.13. The van der Waals surface area contributed by atoms with Gasteiger partial charge in [-0.15, -0.1) is 0 Å². The van der Waals surface area contributed by atoms with E-state index >= 15 is 0 Å². The van der Waals surface area contributed by atoms with Crippen LogP contribution in [0.3, 0.4) is 0 Å². The Morgan fingerprint density at radius 1 is 1.47 bits per heavy atom. The summed E-state index contributed by atoms with van der Waals surface area (Å²) in [5.41, 5.74) is 7.70. The van der Waals surface area contributed by atoms with Crippen LogP contribution in [0.25, 0.3) is 0 Å². The highest BCUT2D eigenvalue weighted by atomic mass is 16.5. The molecule has 9 heteroatoms. The molecule has 0 bridgehead atoms. The third-order valence-corrected chi connectivity index (χ3v) is 3.02. The minimum atomic E-state index is -0.303. The Bertz CT molecular complexity index is 445. The number of carbonyl (C=O) groups excluding carboxylic acids is 1. The van der Waals surface area contributed by atoms with Gasteiger partial charge in [-0.3, -0.25) is 10.2 Å². The van der Waals surface area contributed by atoms with E-state index in [1.807, 2.05) is 4.90 Å². The molecule has 1 aliphatic heterocycles. The molecule has 0 saturated carbocycles. The molecule has 5 N–H and O–H groups in total. The number of amides is 1. The van der Waals surface area contributed by atoms with E-state index in [4.69, 9.17) is 16.3 Å². The fourth-order valence-corrected chi connectivity index (χ4v) is 2.03. The van der Waals surface area contributed by atoms with Gasteiger partial charge in [0.25, 0.3) is 0 Å². The topological polar surface area (TPSA) is 132 Å². The van der Waals surface area contributed by atoms with Crippen molar-refractivity contribution in [2.75, 3.05) is 30.5 Å². The predicted molar refractivity (Wildman–Crippen MR) is 68.3 cm³/mol. The van der Waals surface area contributed by atoms with Crippen LogP contribution in [0.15, 0.2) is 0 Å². The van der Waals surface area contributed by atoms with Gasteiger partial charge in [0.2, 0.25) is 17.8 Å². The van der Waals surface area contributed by atoms with Crippen molar-refractivity contribution in [3.8, 4) is 6.01 Å². The third kappa shape index (κ3) is 2.99. The van der Waals surface area contributed by atoms with E-state index in [0.717, 1.165) is 19.4 Å². The third-order valence-electron chi connectivity index (χ3n) is 3.02. The van der Waals surface area contributed by atoms with Crippen LogP contribution in [0.2, 0.25) is 0 Å². The maximum absolute atomic E-state index is 11.3. The molecule has 2 rings (SSSR count). The monoisotopic (exact) mass is 267 g/mol. The lowest BCUT2D eigenvalue weighted by molar-refractivity contribution is -0.122. The van der Waals surface area contributed by atoms with E-state index in [1.54, 1.807) is 0 Å². The number of nitrogens with one attached hydrogen (secondary N) is 1. The van der Waals surface area contributed by atoms with Crippen LogP contribution in [0.4, 0.5) is 11.9 Å². The molecule has 1 aromatic heterocycles. The van der Waals surface area contributed by atoms with E-state index in [-0.39, 0.29) is 23.8 Å². The lowest BCUT2D eigenvalue weighted by atomic mass is 9.98. The first-order valence-electron chi connectivity index (χ1n) is 5.95. The van der Waals surface area contributed by atoms with Gasteiger partial charge >= 0.3 is 6.01 Å². The molecule has 1 saturated heterocycles. The van der Waals surface area contributed by atoms with Crippen LogP contribution in [0, 0.1) is 5.92 Å². The van der Waals surface area contributed by atoms with E-state index in [9.17, 15) is 4.79 Å². The van der Waals surface area contributed by atoms with Crippen molar-refractivity contribution in [2.24, 2.45) is 17.5 Å². The van der Waals surface area contributed by atoms with Crippen LogP contribution in [0.5, 0.6) is 6.01 Å². The second-order valence-corrected chi connectivity index (χ2v) is 4.28. The number of methoxy groups -OCH3 is 1. The van der Waals surface area contributed by atoms with Gasteiger partial charge in [0.15, 0.2) is 0 Å². The summed E-state index contributed by atoms with van der Waals surface area (Å²) >= 11 is 0. The van der Waals surface area contributed by atoms with Crippen LogP contribution in [-0.2, 0) is 4.79 Å². The number of piperidine rings is 1. The maximum Gasteiger partial charge on any atom is 0.322 e. The quantitative estimate of drug-likeness (QED) is 0.461. The smallest absolute Gasteiger partial charge is 0.322 e. The van der Waals surface area contributed by atoms with Gasteiger partial charge in [0.1, 0.15) is 0 Å². The highest BCUT2D eigenvalue weighted by Crippen LogP contribution is 2.22. The molecule has 2 heterocycles. The summed E-state index contributed by atoms with van der Waals surface area (Å²) in [5, 5.41) is 0. The lowest BCUT2D eigenvalue weighted by Crippen LogP contribution is -2.42. The Kier molecular flexibility index (Phi) is 3.95. The minimum absolute atomic E-state index is 0.166. The normalized spacial score (nSPS) is 19.1. The van der Waals surface area contributed by atoms with Crippen molar-refractivity contribution in [1.29, 1.82) is 0 Å². The Labute approximate surface area is 110 Å². The highest BCUT2D eigenvalue weighted by molar-refractivity contribution is 5.77. The average Bonchev–Trinajstić information content (AvgIpc) is 2.46. The van der Waals surface area contributed by atoms with Gasteiger partial charge in [-0.05, 0) is 12.8 Å². The summed E-state index contributed by atoms with van der Waals surface area (Å²) in [6.07, 6.45) is 1.64. The van der Waals surface area contributed by atoms with Crippen molar-refractivity contribution in [3.63, 3.8) is 0 Å². The van der Waals surface area contributed by atoms with Crippen LogP contribution in [0.1, 0.15) is 12.8 Å². The molecule has 1 aliphatic rings. The van der Waals surface area contributed by atoms with E-state index in [1.165, 1.54) is 7.11 Å². The number of carbonyl (C=O) groups is 1. The number of anilines is 2. The SMILES string of the molecule is COc1nc(NN)nc(N2CCCC(C(N)=O)C2)n1. The van der Waals surface area contributed by atoms with Gasteiger partial charge < -0.3 is 15.4 Å². The van der Waals surface area contributed by atoms with Crippen LogP contribution < -0.4 is 26.6 Å². The highest BCUT2D eigenvalue weighted by Gasteiger charge is 2.26. The summed E-state index contributed by atoms with van der Waals surface area (Å²) in [7, 11) is 1.46. The van der Waals surface area contributed by atoms with Gasteiger partial charge in [-0.25, -0.2) is 5.84 Å². The zero-order valence-electron chi connectivity index (χ0n) is 10.7. The number of rotatable bonds is 4. The number of nitrogen functional groups attached to an aromatic ring is 1. The molecule has 19 heavy (non-hydrogen) atoms. The molecule has 9 nitrogen and oxygen atoms in total. The molecule has 0 spiro atoms. The number of primary amides is 1. The molecule has 1 atom stereocenters. The largest absolute Gasteiger partial charge is 0.467 e. The van der Waals surface area contributed by atoms with E-state index < -0.39 is 0 Å². The van der Waals surface area contributed by atoms with Crippen LogP contribution >= 0.6 is 0 Å². The molecular weight excluding hydrogens is 250 g/mol. The zero-order chi connectivity index (χ0) is 13.8. The van der Waals surface area contributed by atoms with Crippen LogP contribution in [-0.4, -0.2) is 41.1 Å². The second kappa shape index (κ2) is 5.65. The molecule has 1 fully saturated rings. The van der Waals surface area contributed by atoms with Crippen molar-refractivity contribution >= 4 is 17.8 Å². The van der Waals surface area contributed by atoms with Crippen molar-refractivity contribution in [3.05, 3.63) is 0 Å². The Hall–Kier alpha value is -2.16. The van der Waals surface area contributed by atoms with Gasteiger partial charge in [-0.2, -0.15) is 15.0 Å². The summed E-state index contributed by atoms with van der Waals surface area (Å²) in [6, 6.07) is 0.166. The molecule has 1 unspecified atom stereocenters. The van der Waals surface area contributed by atoms with Gasteiger partial charge in [0, 0.05) is 13.1 Å². The van der Waals surface area contributed by atoms with Crippen molar-refractivity contribution < 1.29 is 9.53 Å². The lowest BCUT2D eigenvalue weighted by Gasteiger charge is -2.31. The first-order valence-corrected chi connectivity index (χ1v) is 5.95. The number of ether oxygens (including phenoxy) is 1. The minimum Gasteiger partial charge on any atom is -0.467 e. The second-order valence-electron chi connectivity index (χ2n) is 4.28. The summed E-state index contributed by atoms with van der Waals surface area (Å²) in [6.45, 7) is 1.24. The summed E-state index contributed by atoms with van der Waals surface area (Å²) in [5.74, 6) is 5.44. The van der Waals surface area contributed by atoms with Gasteiger partial charge in [-0.1, -0.05) is 0 Å². The molecule has 0 aliphatic carbocycles. The van der Waals surface area contributed by atoms with E-state index in [0.29, 0.717) is 12.5 Å². The molecular formula is C10H17N7O2. The fourth-order valence-electron chi connectivity index (χ4n) is 2.03. The molecule has 104 valence electrons. The molecule has 1 amide bonds. The molecule has 1 aromatic rings. The number of hydrazine groups is 1. The number of hydrogen-bond donors (Lipinski definition) is 3. The van der Waals surface area contributed by atoms with E-state index in [2.05, 4.69) is 20.4 Å². The molecule has 0 radical (unpaired) electrons. The van der Waals surface area contributed by atoms with Gasteiger partial charge in [0.05, 0.1) is 13.0 Å². The van der Waals surface area contributed by atoms with Crippen molar-refractivity contribution in [2.45, 2.75) is 12.8 Å². The number of hydrogen-bond acceptors (Lipinski definition) is 8. The number of nitrogens with two attached hydrogens (primary N) is 2. The first-order chi connectivity index (χ1) is 9.13. The maximum atomic E-state index is 11.3. The average molecular weight is 267 g/mol. The Balaban J connectivity index is 2.22. The standard InChI is InChI=1S/C10H17N7O2/c1-19-10-14-8(16-12)13-9(15-10)17-4-2-3-6(5-17)7(11)18/h6H,2-5,12H2,1H3,(H2,11,18)(H,13,14,15,16). The Morgan fingerprint density at radius 3 is 2.89 bits per heavy atom. The summed E-state index contributed by atoms with van der Waals surface area (Å²) in [4.78, 5) is 25.4. The number of nitrogens with zero attached hydrogens (tertiary/aromatic N) is 4. The Morgan fingerprint density at radius 2 is 2.26 bits per heavy atom. The first kappa shape index (κ1) is 13.3. The zero-order valence-corrected chi connectivity index (χ0v) is 10.7. The fraction of sp³-hybridized carbons (Fsp3) is 0.600. The number of aromatic nitrogens is 3. The molecule has 0 aromatic carbocycles. The summed E-state index contributed by atoms with van der Waals surface area (Å²) < 4.78 is 4.99. The van der Waals surface area contributed by atoms with Crippen molar-refractivity contribution in [1.82, 2.24) is 15.0 Å².